The van der Waals surface area contributed by atoms with Gasteiger partial charge in [-0.3, -0.25) is 9.37 Å². The molecule has 3 aromatic heterocycles. The first-order chi connectivity index (χ1) is 30.8. The number of hydrogen-bond acceptors (Lipinski definition) is 3. The van der Waals surface area contributed by atoms with Crippen LogP contribution in [0.25, 0.3) is 92.9 Å². The van der Waals surface area contributed by atoms with Crippen LogP contribution in [0.4, 0.5) is 4.39 Å². The van der Waals surface area contributed by atoms with Crippen molar-refractivity contribution in [1.82, 2.24) is 14.5 Å². The molecule has 11 aromatic rings. The summed E-state index contributed by atoms with van der Waals surface area (Å²) in [5.41, 5.74) is 12.8. The van der Waals surface area contributed by atoms with Gasteiger partial charge >= 0.3 is 0 Å². The maximum atomic E-state index is 15.5. The molecule has 64 heavy (non-hydrogen) atoms. The van der Waals surface area contributed by atoms with Gasteiger partial charge in [0.25, 0.3) is 0 Å². The topological polar surface area (TPSA) is 30.7 Å². The molecule has 0 atom stereocenters. The van der Waals surface area contributed by atoms with Gasteiger partial charge in [-0.1, -0.05) is 159 Å². The van der Waals surface area contributed by atoms with E-state index < -0.39 is 8.07 Å². The van der Waals surface area contributed by atoms with Gasteiger partial charge in [0.05, 0.1) is 24.9 Å². The molecule has 0 fully saturated rings. The Morgan fingerprint density at radius 2 is 1.22 bits per heavy atom. The van der Waals surface area contributed by atoms with Gasteiger partial charge in [-0.25, -0.2) is 0 Å². The van der Waals surface area contributed by atoms with Crippen molar-refractivity contribution in [3.05, 3.63) is 218 Å². The van der Waals surface area contributed by atoms with Gasteiger partial charge in [-0.15, -0.1) is 48.0 Å². The minimum Gasteiger partial charge on any atom is -0.333 e. The van der Waals surface area contributed by atoms with E-state index in [1.165, 1.54) is 27.9 Å². The Hall–Kier alpha value is -6.60. The van der Waals surface area contributed by atoms with Gasteiger partial charge in [0.2, 0.25) is 0 Å². The molecule has 8 aromatic carbocycles. The van der Waals surface area contributed by atoms with Gasteiger partial charge in [0.1, 0.15) is 0 Å². The van der Waals surface area contributed by atoms with Crippen molar-refractivity contribution in [3.63, 3.8) is 0 Å². The molecule has 0 saturated carbocycles. The van der Waals surface area contributed by atoms with Gasteiger partial charge in [0, 0.05) is 42.5 Å². The first kappa shape index (κ1) is 42.7. The Morgan fingerprint density at radius 3 is 1.89 bits per heavy atom. The zero-order valence-corrected chi connectivity index (χ0v) is 39.7. The van der Waals surface area contributed by atoms with Gasteiger partial charge in [-0.2, -0.15) is 11.3 Å². The average molecular weight is 1040 g/mol. The number of aromatic nitrogens is 3. The number of rotatable bonds is 7. The molecule has 3 heterocycles. The predicted molar refractivity (Wildman–Crippen MR) is 266 cm³/mol. The number of imidazole rings is 1. The predicted octanol–water partition coefficient (Wildman–Crippen LogP) is 15.1. The van der Waals surface area contributed by atoms with Crippen LogP contribution < -0.4 is 5.19 Å². The number of hydrogen-bond donors (Lipinski definition) is 0. The molecule has 3 nitrogen and oxygen atoms in total. The molecule has 11 rings (SSSR count). The van der Waals surface area contributed by atoms with E-state index in [4.69, 9.17) is 9.97 Å². The third kappa shape index (κ3) is 8.44. The van der Waals surface area contributed by atoms with Crippen LogP contribution in [0.5, 0.6) is 0 Å². The van der Waals surface area contributed by atoms with Crippen LogP contribution in [-0.2, 0) is 20.1 Å². The molecule has 7 heteroatoms. The second-order valence-electron chi connectivity index (χ2n) is 16.6. The Kier molecular flexibility index (Phi) is 12.2. The number of thiophene rings is 1. The number of nitrogens with zero attached hydrogens (tertiary/aromatic N) is 3. The summed E-state index contributed by atoms with van der Waals surface area (Å²) in [7, 11) is -1.46. The van der Waals surface area contributed by atoms with E-state index in [0.29, 0.717) is 5.39 Å². The Labute approximate surface area is 392 Å². The van der Waals surface area contributed by atoms with Crippen LogP contribution in [0, 0.1) is 17.9 Å². The van der Waals surface area contributed by atoms with Crippen molar-refractivity contribution in [1.29, 1.82) is 0 Å². The number of benzene rings is 8. The van der Waals surface area contributed by atoms with Crippen LogP contribution in [0.2, 0.25) is 19.6 Å². The van der Waals surface area contributed by atoms with Crippen LogP contribution in [0.1, 0.15) is 0 Å². The summed E-state index contributed by atoms with van der Waals surface area (Å²) in [6.07, 6.45) is 2.07. The number of pyridine rings is 1. The van der Waals surface area contributed by atoms with E-state index in [1.54, 1.807) is 11.3 Å². The monoisotopic (exact) mass is 1040 g/mol. The first-order valence-electron chi connectivity index (χ1n) is 21.1. The van der Waals surface area contributed by atoms with Gasteiger partial charge in [0.15, 0.2) is 0 Å². The maximum Gasteiger partial charge on any atom is 0.0803 e. The third-order valence-corrected chi connectivity index (χ3v) is 14.6. The number of halogens is 1. The van der Waals surface area contributed by atoms with E-state index >= 15 is 4.39 Å². The summed E-state index contributed by atoms with van der Waals surface area (Å²) in [6, 6.07) is 72.4. The smallest absolute Gasteiger partial charge is 0.0803 e. The zero-order chi connectivity index (χ0) is 42.9. The van der Waals surface area contributed by atoms with Crippen molar-refractivity contribution in [2.45, 2.75) is 19.6 Å². The average Bonchev–Trinajstić information content (AvgIpc) is 3.92. The fourth-order valence-corrected chi connectivity index (χ4v) is 11.0. The SMILES string of the molecule is C[Si](C)(C)c1cnc(-c2[c-]cccc2)cc1-c1ccccc1.Fc1c[c-]c(-c2nc3ccccc3n2-c2ccc(-c3ccccc3)cc2)c2sc3cc(-c4ccccc4)ccc3c12.[Ir]. The molecule has 1 radical (unpaired) electrons. The molecule has 0 aliphatic rings. The largest absolute Gasteiger partial charge is 0.333 e. The Morgan fingerprint density at radius 1 is 0.609 bits per heavy atom. The molecule has 0 saturated heterocycles. The summed E-state index contributed by atoms with van der Waals surface area (Å²) < 4.78 is 19.5. The standard InChI is InChI=1S/C37H22FN2S.C20H20NSi.Ir/c38-31-22-21-30(36-35(31)29-20-17-27(23-34(29)41-36)25-11-5-2-6-12-25)37-39-32-13-7-8-14-33(32)40(37)28-18-15-26(16-19-28)24-9-3-1-4-10-24;1-22(2,3)20-15-21-19(17-12-8-5-9-13-17)14-18(20)16-10-6-4-7-11-16;/h1-20,22-23H;4-12,14-15H,1-3H3;/q2*-1;. The maximum absolute atomic E-state index is 15.5. The van der Waals surface area contributed by atoms with Crippen LogP contribution >= 0.6 is 11.3 Å². The van der Waals surface area contributed by atoms with Gasteiger partial charge in [-0.05, 0) is 90.1 Å². The number of para-hydroxylation sites is 2. The summed E-state index contributed by atoms with van der Waals surface area (Å²) >= 11 is 1.60. The van der Waals surface area contributed by atoms with Crippen LogP contribution in [-0.4, -0.2) is 22.6 Å². The van der Waals surface area contributed by atoms with Gasteiger partial charge < -0.3 is 9.55 Å². The Bertz CT molecular complexity index is 3370. The molecule has 0 unspecified atom stereocenters. The van der Waals surface area contributed by atoms with Crippen molar-refractivity contribution in [2.75, 3.05) is 0 Å². The molecule has 0 N–H and O–H groups in total. The quantitative estimate of drug-likeness (QED) is 0.118. The number of fused-ring (bicyclic) bond motifs is 4. The molecule has 0 aliphatic carbocycles. The second kappa shape index (κ2) is 18.2. The van der Waals surface area contributed by atoms with E-state index in [-0.39, 0.29) is 25.9 Å². The molecular formula is C57H42FIrN3SSi-2. The normalized spacial score (nSPS) is 11.3. The molecule has 0 spiro atoms. The van der Waals surface area contributed by atoms with Crippen molar-refractivity contribution < 1.29 is 24.5 Å². The minimum absolute atomic E-state index is 0. The first-order valence-corrected chi connectivity index (χ1v) is 25.4. The minimum atomic E-state index is -1.46. The fraction of sp³-hybridized carbons (Fsp3) is 0.0526. The molecule has 313 valence electrons. The third-order valence-electron chi connectivity index (χ3n) is 11.4. The molecule has 0 aliphatic heterocycles. The van der Waals surface area contributed by atoms with E-state index in [9.17, 15) is 0 Å². The summed E-state index contributed by atoms with van der Waals surface area (Å²) in [6.45, 7) is 7.10. The van der Waals surface area contributed by atoms with Crippen LogP contribution in [0.3, 0.4) is 0 Å². The zero-order valence-electron chi connectivity index (χ0n) is 35.5. The van der Waals surface area contributed by atoms with Crippen LogP contribution in [0.15, 0.2) is 200 Å². The summed E-state index contributed by atoms with van der Waals surface area (Å²) in [4.78, 5) is 9.78. The fourth-order valence-electron chi connectivity index (χ4n) is 8.26. The molecule has 0 bridgehead atoms. The van der Waals surface area contributed by atoms with Crippen molar-refractivity contribution in [3.8, 4) is 61.7 Å². The Balaban J connectivity index is 0.000000191. The van der Waals surface area contributed by atoms with Crippen molar-refractivity contribution in [2.24, 2.45) is 0 Å². The molecule has 0 amide bonds. The summed E-state index contributed by atoms with van der Waals surface area (Å²) in [5.74, 6) is 0.482. The van der Waals surface area contributed by atoms with E-state index in [2.05, 4.69) is 152 Å². The molecular weight excluding hydrogens is 998 g/mol. The second-order valence-corrected chi connectivity index (χ2v) is 22.7. The van der Waals surface area contributed by atoms with E-state index in [0.717, 1.165) is 70.8 Å². The van der Waals surface area contributed by atoms with Crippen molar-refractivity contribution >= 4 is 55.8 Å². The summed E-state index contributed by atoms with van der Waals surface area (Å²) in [5, 5.41) is 2.93. The van der Waals surface area contributed by atoms with E-state index in [1.807, 2.05) is 78.9 Å².